The average molecular weight is 394 g/mol. The molecule has 0 aromatic heterocycles. The molecule has 156 valence electrons. The molecule has 1 amide bonds. The van der Waals surface area contributed by atoms with Crippen LogP contribution in [0.3, 0.4) is 0 Å². The lowest BCUT2D eigenvalue weighted by Gasteiger charge is -2.23. The highest BCUT2D eigenvalue weighted by molar-refractivity contribution is 5.81. The third-order valence-corrected chi connectivity index (χ3v) is 5.90. The zero-order chi connectivity index (χ0) is 21.0. The van der Waals surface area contributed by atoms with Crippen LogP contribution >= 0.6 is 0 Å². The Balaban J connectivity index is 1.63. The summed E-state index contributed by atoms with van der Waals surface area (Å²) in [5.74, 6) is 0.743. The summed E-state index contributed by atoms with van der Waals surface area (Å²) in [5, 5.41) is 3.12. The topological polar surface area (TPSA) is 38.3 Å². The molecule has 0 spiro atoms. The second-order valence-electron chi connectivity index (χ2n) is 9.25. The van der Waals surface area contributed by atoms with Crippen molar-refractivity contribution in [1.82, 2.24) is 5.32 Å². The highest BCUT2D eigenvalue weighted by Crippen LogP contribution is 2.27. The fraction of sp³-hybridized carbons (Fsp3) is 0.500. The zero-order valence-corrected chi connectivity index (χ0v) is 18.5. The molecule has 2 aromatic rings. The summed E-state index contributed by atoms with van der Waals surface area (Å²) in [6.07, 6.45) is 4.92. The van der Waals surface area contributed by atoms with Crippen LogP contribution in [0.2, 0.25) is 0 Å². The molecule has 0 heterocycles. The summed E-state index contributed by atoms with van der Waals surface area (Å²) < 4.78 is 6.08. The molecule has 3 nitrogen and oxygen atoms in total. The van der Waals surface area contributed by atoms with Gasteiger partial charge in [0, 0.05) is 0 Å². The predicted octanol–water partition coefficient (Wildman–Crippen LogP) is 5.90. The van der Waals surface area contributed by atoms with Crippen LogP contribution in [0.1, 0.15) is 82.2 Å². The van der Waals surface area contributed by atoms with E-state index >= 15 is 0 Å². The number of ether oxygens (including phenoxy) is 1. The first-order chi connectivity index (χ1) is 13.8. The van der Waals surface area contributed by atoms with E-state index in [1.807, 2.05) is 19.9 Å². The smallest absolute Gasteiger partial charge is 0.261 e. The van der Waals surface area contributed by atoms with Crippen molar-refractivity contribution in [2.24, 2.45) is 0 Å². The zero-order valence-electron chi connectivity index (χ0n) is 18.5. The van der Waals surface area contributed by atoms with Gasteiger partial charge in [0.2, 0.25) is 0 Å². The minimum atomic E-state index is -0.479. The molecular formula is C26H35NO2. The van der Waals surface area contributed by atoms with Gasteiger partial charge in [0.05, 0.1) is 6.04 Å². The second kappa shape index (κ2) is 9.02. The fourth-order valence-electron chi connectivity index (χ4n) is 3.93. The number of amides is 1. The van der Waals surface area contributed by atoms with Crippen LogP contribution in [0.25, 0.3) is 0 Å². The molecule has 29 heavy (non-hydrogen) atoms. The van der Waals surface area contributed by atoms with Crippen molar-refractivity contribution in [1.29, 1.82) is 0 Å². The van der Waals surface area contributed by atoms with Gasteiger partial charge in [-0.2, -0.15) is 0 Å². The molecule has 3 heteroatoms. The van der Waals surface area contributed by atoms with Gasteiger partial charge in [0.15, 0.2) is 6.10 Å². The lowest BCUT2D eigenvalue weighted by molar-refractivity contribution is -0.128. The molecule has 1 N–H and O–H groups in total. The quantitative estimate of drug-likeness (QED) is 0.664. The first kappa shape index (κ1) is 21.4. The predicted molar refractivity (Wildman–Crippen MR) is 119 cm³/mol. The first-order valence-corrected chi connectivity index (χ1v) is 11.0. The highest BCUT2D eigenvalue weighted by Gasteiger charge is 2.22. The van der Waals surface area contributed by atoms with Crippen molar-refractivity contribution in [3.8, 4) is 5.75 Å². The molecule has 3 rings (SSSR count). The molecule has 0 aliphatic heterocycles. The molecule has 1 aliphatic rings. The Bertz CT molecular complexity index is 833. The van der Waals surface area contributed by atoms with Crippen molar-refractivity contribution >= 4 is 5.91 Å². The van der Waals surface area contributed by atoms with Gasteiger partial charge in [0.1, 0.15) is 5.75 Å². The Labute approximate surface area is 175 Å². The maximum absolute atomic E-state index is 12.8. The number of rotatable bonds is 6. The van der Waals surface area contributed by atoms with Crippen molar-refractivity contribution < 1.29 is 9.53 Å². The Morgan fingerprint density at radius 3 is 2.31 bits per heavy atom. The Morgan fingerprint density at radius 2 is 1.69 bits per heavy atom. The van der Waals surface area contributed by atoms with E-state index in [0.29, 0.717) is 6.42 Å². The van der Waals surface area contributed by atoms with Crippen molar-refractivity contribution in [3.63, 3.8) is 0 Å². The van der Waals surface area contributed by atoms with E-state index in [1.165, 1.54) is 29.5 Å². The summed E-state index contributed by atoms with van der Waals surface area (Å²) in [7, 11) is 0. The molecule has 2 aromatic carbocycles. The Hall–Kier alpha value is -2.29. The fourth-order valence-corrected chi connectivity index (χ4v) is 3.93. The lowest BCUT2D eigenvalue weighted by Crippen LogP contribution is -2.39. The van der Waals surface area contributed by atoms with E-state index < -0.39 is 6.10 Å². The van der Waals surface area contributed by atoms with Gasteiger partial charge in [-0.15, -0.1) is 0 Å². The number of benzene rings is 2. The van der Waals surface area contributed by atoms with Gasteiger partial charge in [-0.05, 0) is 78.8 Å². The minimum Gasteiger partial charge on any atom is -0.481 e. The maximum atomic E-state index is 12.8. The van der Waals surface area contributed by atoms with Gasteiger partial charge in [-0.25, -0.2) is 0 Å². The minimum absolute atomic E-state index is 0.0577. The van der Waals surface area contributed by atoms with E-state index in [-0.39, 0.29) is 17.4 Å². The molecule has 0 fully saturated rings. The molecule has 2 atom stereocenters. The van der Waals surface area contributed by atoms with Gasteiger partial charge in [-0.3, -0.25) is 4.79 Å². The number of hydrogen-bond donors (Lipinski definition) is 1. The third-order valence-electron chi connectivity index (χ3n) is 5.90. The molecule has 1 aliphatic carbocycles. The molecule has 2 unspecified atom stereocenters. The molecule has 0 bridgehead atoms. The average Bonchev–Trinajstić information content (AvgIpc) is 2.71. The van der Waals surface area contributed by atoms with Crippen LogP contribution in [0.4, 0.5) is 0 Å². The van der Waals surface area contributed by atoms with Crippen LogP contribution in [0, 0.1) is 0 Å². The van der Waals surface area contributed by atoms with Crippen LogP contribution in [-0.4, -0.2) is 12.0 Å². The summed E-state index contributed by atoms with van der Waals surface area (Å²) >= 11 is 0. The van der Waals surface area contributed by atoms with Crippen molar-refractivity contribution in [2.75, 3.05) is 0 Å². The SMILES string of the molecule is CCC(Oc1ccc2c(c1)CCCC2)C(=O)NC(C)c1ccc(C(C)(C)C)cc1. The molecular weight excluding hydrogens is 358 g/mol. The van der Waals surface area contributed by atoms with Gasteiger partial charge >= 0.3 is 0 Å². The number of fused-ring (bicyclic) bond motifs is 1. The van der Waals surface area contributed by atoms with Crippen LogP contribution in [-0.2, 0) is 23.1 Å². The van der Waals surface area contributed by atoms with E-state index in [2.05, 4.69) is 62.5 Å². The molecule has 0 radical (unpaired) electrons. The number of carbonyl (C=O) groups is 1. The maximum Gasteiger partial charge on any atom is 0.261 e. The largest absolute Gasteiger partial charge is 0.481 e. The van der Waals surface area contributed by atoms with Crippen LogP contribution < -0.4 is 10.1 Å². The van der Waals surface area contributed by atoms with Gasteiger partial charge in [0.25, 0.3) is 5.91 Å². The Kier molecular flexibility index (Phi) is 6.66. The third kappa shape index (κ3) is 5.41. The number of hydrogen-bond acceptors (Lipinski definition) is 2. The molecule has 0 saturated carbocycles. The summed E-state index contributed by atoms with van der Waals surface area (Å²) in [4.78, 5) is 12.8. The van der Waals surface area contributed by atoms with Crippen LogP contribution in [0.15, 0.2) is 42.5 Å². The van der Waals surface area contributed by atoms with E-state index in [9.17, 15) is 4.79 Å². The first-order valence-electron chi connectivity index (χ1n) is 11.0. The molecule has 0 saturated heterocycles. The van der Waals surface area contributed by atoms with Gasteiger partial charge in [-0.1, -0.05) is 58.0 Å². The van der Waals surface area contributed by atoms with Gasteiger partial charge < -0.3 is 10.1 Å². The number of carbonyl (C=O) groups excluding carboxylic acids is 1. The Morgan fingerprint density at radius 1 is 1.03 bits per heavy atom. The highest BCUT2D eigenvalue weighted by atomic mass is 16.5. The summed E-state index contributed by atoms with van der Waals surface area (Å²) in [6.45, 7) is 10.6. The number of aryl methyl sites for hydroxylation is 2. The second-order valence-corrected chi connectivity index (χ2v) is 9.25. The number of nitrogens with one attached hydrogen (secondary N) is 1. The standard InChI is InChI=1S/C26H35NO2/c1-6-24(29-23-16-13-20-9-7-8-10-21(20)17-23)25(28)27-18(2)19-11-14-22(15-12-19)26(3,4)5/h11-18,24H,6-10H2,1-5H3,(H,27,28). The summed E-state index contributed by atoms with van der Waals surface area (Å²) in [5.41, 5.74) is 5.32. The monoisotopic (exact) mass is 393 g/mol. The van der Waals surface area contributed by atoms with E-state index in [4.69, 9.17) is 4.74 Å². The lowest BCUT2D eigenvalue weighted by atomic mass is 9.86. The van der Waals surface area contributed by atoms with Crippen LogP contribution in [0.5, 0.6) is 5.75 Å². The summed E-state index contributed by atoms with van der Waals surface area (Å²) in [6, 6.07) is 14.8. The normalized spacial score (nSPS) is 15.9. The van der Waals surface area contributed by atoms with Crippen molar-refractivity contribution in [2.45, 2.75) is 84.3 Å². The van der Waals surface area contributed by atoms with E-state index in [1.54, 1.807) is 0 Å². The van der Waals surface area contributed by atoms with E-state index in [0.717, 1.165) is 24.2 Å². The van der Waals surface area contributed by atoms with Crippen molar-refractivity contribution in [3.05, 3.63) is 64.7 Å².